The van der Waals surface area contributed by atoms with Gasteiger partial charge in [-0.3, -0.25) is 9.69 Å². The van der Waals surface area contributed by atoms with Crippen LogP contribution in [0.1, 0.15) is 17.8 Å². The minimum Gasteiger partial charge on any atom is -0.381 e. The van der Waals surface area contributed by atoms with Gasteiger partial charge in [0, 0.05) is 49.0 Å². The van der Waals surface area contributed by atoms with E-state index in [9.17, 15) is 4.79 Å². The number of benzene rings is 1. The van der Waals surface area contributed by atoms with Crippen molar-refractivity contribution in [2.75, 3.05) is 31.6 Å². The van der Waals surface area contributed by atoms with E-state index in [0.29, 0.717) is 0 Å². The minimum atomic E-state index is -0.00318. The zero-order valence-electron chi connectivity index (χ0n) is 14.2. The van der Waals surface area contributed by atoms with Crippen LogP contribution >= 0.6 is 11.3 Å². The molecule has 4 rings (SSSR count). The van der Waals surface area contributed by atoms with Crippen molar-refractivity contribution in [3.8, 4) is 0 Å². The fourth-order valence-corrected chi connectivity index (χ4v) is 4.77. The van der Waals surface area contributed by atoms with Crippen molar-refractivity contribution < 1.29 is 9.53 Å². The molecule has 6 heteroatoms. The van der Waals surface area contributed by atoms with Gasteiger partial charge >= 0.3 is 0 Å². The molecule has 1 N–H and O–H groups in total. The summed E-state index contributed by atoms with van der Waals surface area (Å²) in [7, 11) is 0. The highest BCUT2D eigenvalue weighted by Gasteiger charge is 2.50. The normalized spacial score (nSPS) is 23.0. The molecule has 3 heterocycles. The zero-order chi connectivity index (χ0) is 17.1. The first kappa shape index (κ1) is 16.7. The first-order valence-electron chi connectivity index (χ1n) is 8.80. The topological polar surface area (TPSA) is 54.5 Å². The predicted molar refractivity (Wildman–Crippen MR) is 98.4 cm³/mol. The van der Waals surface area contributed by atoms with E-state index < -0.39 is 0 Å². The third kappa shape index (κ3) is 3.61. The maximum absolute atomic E-state index is 13.0. The Balaban J connectivity index is 1.51. The summed E-state index contributed by atoms with van der Waals surface area (Å²) >= 11 is 1.68. The molecule has 2 aromatic rings. The first-order chi connectivity index (χ1) is 12.3. The monoisotopic (exact) mass is 357 g/mol. The molecule has 0 radical (unpaired) electrons. The molecule has 1 aromatic heterocycles. The summed E-state index contributed by atoms with van der Waals surface area (Å²) in [6, 6.07) is 9.74. The predicted octanol–water partition coefficient (Wildman–Crippen LogP) is 3.01. The third-order valence-electron chi connectivity index (χ3n) is 5.41. The molecule has 2 aliphatic heterocycles. The van der Waals surface area contributed by atoms with Crippen molar-refractivity contribution in [1.82, 2.24) is 9.88 Å². The maximum atomic E-state index is 13.0. The number of anilines is 1. The fraction of sp³-hybridized carbons (Fsp3) is 0.474. The number of thiazole rings is 1. The number of nitrogens with zero attached hydrogens (tertiary/aromatic N) is 2. The number of carbonyl (C=O) groups is 1. The van der Waals surface area contributed by atoms with Crippen LogP contribution in [0.3, 0.4) is 0 Å². The second-order valence-electron chi connectivity index (χ2n) is 6.98. The van der Waals surface area contributed by atoms with Crippen molar-refractivity contribution in [3.63, 3.8) is 0 Å². The molecular formula is C19H23N3O2S. The van der Waals surface area contributed by atoms with Crippen LogP contribution in [-0.4, -0.2) is 42.1 Å². The maximum Gasteiger partial charge on any atom is 0.229 e. The number of para-hydroxylation sites is 1. The van der Waals surface area contributed by atoms with E-state index >= 15 is 0 Å². The van der Waals surface area contributed by atoms with Crippen LogP contribution in [-0.2, 0) is 16.1 Å². The SMILES string of the molecule is O=C(Nc1ccccc1)[C@@H]1CN(Cc2nccs2)CC12CCOCC2. The van der Waals surface area contributed by atoms with Crippen LogP contribution in [0.15, 0.2) is 41.9 Å². The number of hydrogen-bond donors (Lipinski definition) is 1. The highest BCUT2D eigenvalue weighted by Crippen LogP contribution is 2.45. The van der Waals surface area contributed by atoms with Crippen molar-refractivity contribution in [2.45, 2.75) is 19.4 Å². The molecule has 1 aromatic carbocycles. The Morgan fingerprint density at radius 1 is 1.32 bits per heavy atom. The average molecular weight is 357 g/mol. The van der Waals surface area contributed by atoms with Gasteiger partial charge in [-0.1, -0.05) is 18.2 Å². The van der Waals surface area contributed by atoms with Gasteiger partial charge in [-0.25, -0.2) is 4.98 Å². The van der Waals surface area contributed by atoms with Gasteiger partial charge in [0.2, 0.25) is 5.91 Å². The molecule has 25 heavy (non-hydrogen) atoms. The van der Waals surface area contributed by atoms with Gasteiger partial charge in [-0.2, -0.15) is 0 Å². The number of amides is 1. The number of rotatable bonds is 4. The highest BCUT2D eigenvalue weighted by atomic mass is 32.1. The molecule has 2 saturated heterocycles. The summed E-state index contributed by atoms with van der Waals surface area (Å²) in [6.45, 7) is 4.07. The van der Waals surface area contributed by atoms with Gasteiger partial charge in [0.05, 0.1) is 12.5 Å². The summed E-state index contributed by atoms with van der Waals surface area (Å²) in [4.78, 5) is 19.8. The molecule has 0 saturated carbocycles. The molecule has 1 amide bonds. The summed E-state index contributed by atoms with van der Waals surface area (Å²) in [5, 5.41) is 6.24. The fourth-order valence-electron chi connectivity index (χ4n) is 4.11. The molecule has 5 nitrogen and oxygen atoms in total. The summed E-state index contributed by atoms with van der Waals surface area (Å²) in [5.41, 5.74) is 0.891. The number of nitrogens with one attached hydrogen (secondary N) is 1. The summed E-state index contributed by atoms with van der Waals surface area (Å²) < 4.78 is 5.58. The molecule has 0 aliphatic carbocycles. The number of carbonyl (C=O) groups excluding carboxylic acids is 1. The van der Waals surface area contributed by atoms with Crippen molar-refractivity contribution >= 4 is 22.9 Å². The quantitative estimate of drug-likeness (QED) is 0.914. The Kier molecular flexibility index (Phi) is 4.83. The van der Waals surface area contributed by atoms with E-state index in [1.165, 1.54) is 0 Å². The lowest BCUT2D eigenvalue weighted by molar-refractivity contribution is -0.124. The molecule has 0 bridgehead atoms. The summed E-state index contributed by atoms with van der Waals surface area (Å²) in [6.07, 6.45) is 3.75. The molecule has 1 spiro atoms. The standard InChI is InChI=1S/C19H23N3O2S/c23-18(21-15-4-2-1-3-5-15)16-12-22(13-17-20-8-11-25-17)14-19(16)6-9-24-10-7-19/h1-5,8,11,16H,6-7,9-10,12-14H2,(H,21,23)/t16-/m0/s1. The third-order valence-corrected chi connectivity index (χ3v) is 6.17. The lowest BCUT2D eigenvalue weighted by Crippen LogP contribution is -2.42. The smallest absolute Gasteiger partial charge is 0.229 e. The Hall–Kier alpha value is -1.76. The highest BCUT2D eigenvalue weighted by molar-refractivity contribution is 7.09. The van der Waals surface area contributed by atoms with Crippen LogP contribution in [0.4, 0.5) is 5.69 Å². The Bertz CT molecular complexity index is 699. The zero-order valence-corrected chi connectivity index (χ0v) is 15.0. The second kappa shape index (κ2) is 7.23. The lowest BCUT2D eigenvalue weighted by Gasteiger charge is -2.37. The van der Waals surface area contributed by atoms with E-state index in [1.807, 2.05) is 41.9 Å². The van der Waals surface area contributed by atoms with Gasteiger partial charge in [0.15, 0.2) is 0 Å². The van der Waals surface area contributed by atoms with Gasteiger partial charge in [0.1, 0.15) is 5.01 Å². The molecule has 2 fully saturated rings. The van der Waals surface area contributed by atoms with Gasteiger partial charge in [-0.15, -0.1) is 11.3 Å². The largest absolute Gasteiger partial charge is 0.381 e. The van der Waals surface area contributed by atoms with Crippen LogP contribution < -0.4 is 5.32 Å². The van der Waals surface area contributed by atoms with Gasteiger partial charge < -0.3 is 10.1 Å². The Morgan fingerprint density at radius 3 is 2.84 bits per heavy atom. The summed E-state index contributed by atoms with van der Waals surface area (Å²) in [5.74, 6) is 0.131. The average Bonchev–Trinajstić information content (AvgIpc) is 3.25. The van der Waals surface area contributed by atoms with Crippen molar-refractivity contribution in [2.24, 2.45) is 11.3 Å². The first-order valence-corrected chi connectivity index (χ1v) is 9.68. The molecule has 132 valence electrons. The van der Waals surface area contributed by atoms with Crippen LogP contribution in [0.2, 0.25) is 0 Å². The molecular weight excluding hydrogens is 334 g/mol. The van der Waals surface area contributed by atoms with Crippen molar-refractivity contribution in [3.05, 3.63) is 46.9 Å². The van der Waals surface area contributed by atoms with E-state index in [4.69, 9.17) is 4.74 Å². The Labute approximate surface area is 152 Å². The molecule has 2 aliphatic rings. The minimum absolute atomic E-state index is 0.00318. The van der Waals surface area contributed by atoms with Gasteiger partial charge in [-0.05, 0) is 25.0 Å². The van der Waals surface area contributed by atoms with E-state index in [1.54, 1.807) is 11.3 Å². The van der Waals surface area contributed by atoms with Crippen LogP contribution in [0.25, 0.3) is 0 Å². The molecule has 0 unspecified atom stereocenters. The van der Waals surface area contributed by atoms with Crippen LogP contribution in [0.5, 0.6) is 0 Å². The molecule has 1 atom stereocenters. The number of aromatic nitrogens is 1. The second-order valence-corrected chi connectivity index (χ2v) is 7.96. The van der Waals surface area contributed by atoms with Gasteiger partial charge in [0.25, 0.3) is 0 Å². The Morgan fingerprint density at radius 2 is 2.12 bits per heavy atom. The van der Waals surface area contributed by atoms with Crippen LogP contribution in [0, 0.1) is 11.3 Å². The van der Waals surface area contributed by atoms with E-state index in [-0.39, 0.29) is 17.2 Å². The van der Waals surface area contributed by atoms with Crippen molar-refractivity contribution in [1.29, 1.82) is 0 Å². The number of hydrogen-bond acceptors (Lipinski definition) is 5. The number of ether oxygens (including phenoxy) is 1. The lowest BCUT2D eigenvalue weighted by atomic mass is 9.71. The van der Waals surface area contributed by atoms with E-state index in [2.05, 4.69) is 15.2 Å². The van der Waals surface area contributed by atoms with E-state index in [0.717, 1.165) is 56.4 Å². The number of likely N-dealkylation sites (tertiary alicyclic amines) is 1.